The fourth-order valence-corrected chi connectivity index (χ4v) is 2.25. The molecule has 1 aromatic carbocycles. The molecule has 0 saturated heterocycles. The van der Waals surface area contributed by atoms with Gasteiger partial charge in [0.25, 0.3) is 0 Å². The number of hydrogen-bond donors (Lipinski definition) is 0. The van der Waals surface area contributed by atoms with Crippen LogP contribution in [0.3, 0.4) is 0 Å². The van der Waals surface area contributed by atoms with Crippen LogP contribution in [0.25, 0.3) is 5.69 Å². The molecule has 100 valence electrons. The molecule has 2 rings (SSSR count). The highest BCUT2D eigenvalue weighted by atomic mass is 16.5. The smallest absolute Gasteiger partial charge is 0.151 e. The molecule has 0 aliphatic heterocycles. The van der Waals surface area contributed by atoms with E-state index in [-0.39, 0.29) is 0 Å². The second kappa shape index (κ2) is 5.18. The topological polar surface area (TPSA) is 40.5 Å². The van der Waals surface area contributed by atoms with Gasteiger partial charge < -0.3 is 14.0 Å². The Morgan fingerprint density at radius 3 is 2.37 bits per heavy atom. The average Bonchev–Trinajstić information content (AvgIpc) is 2.72. The largest absolute Gasteiger partial charge is 0.497 e. The SMILES string of the molecule is COc1ccc(-n2c(C)cc(C=O)c2C)c(OC)c1. The third kappa shape index (κ3) is 2.21. The minimum absolute atomic E-state index is 0.690. The van der Waals surface area contributed by atoms with E-state index in [0.29, 0.717) is 11.3 Å². The van der Waals surface area contributed by atoms with Crippen LogP contribution < -0.4 is 9.47 Å². The van der Waals surface area contributed by atoms with Gasteiger partial charge in [0.05, 0.1) is 19.9 Å². The summed E-state index contributed by atoms with van der Waals surface area (Å²) >= 11 is 0. The number of aryl methyl sites for hydroxylation is 1. The van der Waals surface area contributed by atoms with Gasteiger partial charge in [0.15, 0.2) is 6.29 Å². The molecule has 0 spiro atoms. The number of hydrogen-bond acceptors (Lipinski definition) is 3. The lowest BCUT2D eigenvalue weighted by atomic mass is 10.2. The monoisotopic (exact) mass is 259 g/mol. The first-order valence-electron chi connectivity index (χ1n) is 5.99. The Morgan fingerprint density at radius 2 is 1.84 bits per heavy atom. The van der Waals surface area contributed by atoms with Gasteiger partial charge in [-0.3, -0.25) is 4.79 Å². The van der Waals surface area contributed by atoms with Crippen LogP contribution in [0.2, 0.25) is 0 Å². The van der Waals surface area contributed by atoms with Gasteiger partial charge in [0, 0.05) is 23.0 Å². The van der Waals surface area contributed by atoms with Gasteiger partial charge in [0.2, 0.25) is 0 Å². The molecule has 0 bridgehead atoms. The second-order valence-corrected chi connectivity index (χ2v) is 4.32. The number of nitrogens with zero attached hydrogens (tertiary/aromatic N) is 1. The van der Waals surface area contributed by atoms with Crippen molar-refractivity contribution in [3.05, 3.63) is 41.2 Å². The molecule has 0 fully saturated rings. The maximum absolute atomic E-state index is 11.0. The number of methoxy groups -OCH3 is 2. The van der Waals surface area contributed by atoms with Crippen molar-refractivity contribution in [1.82, 2.24) is 4.57 Å². The minimum atomic E-state index is 0.690. The number of carbonyl (C=O) groups excluding carboxylic acids is 1. The highest BCUT2D eigenvalue weighted by Crippen LogP contribution is 2.31. The number of ether oxygens (including phenoxy) is 2. The number of aldehydes is 1. The quantitative estimate of drug-likeness (QED) is 0.793. The Morgan fingerprint density at radius 1 is 1.11 bits per heavy atom. The predicted octanol–water partition coefficient (Wildman–Crippen LogP) is 2.92. The van der Waals surface area contributed by atoms with Crippen molar-refractivity contribution in [1.29, 1.82) is 0 Å². The van der Waals surface area contributed by atoms with Gasteiger partial charge in [0.1, 0.15) is 11.5 Å². The molecule has 0 N–H and O–H groups in total. The maximum Gasteiger partial charge on any atom is 0.151 e. The Kier molecular flexibility index (Phi) is 3.60. The predicted molar refractivity (Wildman–Crippen MR) is 73.7 cm³/mol. The molecule has 0 radical (unpaired) electrons. The zero-order valence-corrected chi connectivity index (χ0v) is 11.6. The van der Waals surface area contributed by atoms with E-state index in [9.17, 15) is 4.79 Å². The van der Waals surface area contributed by atoms with Crippen molar-refractivity contribution in [2.24, 2.45) is 0 Å². The molecule has 0 unspecified atom stereocenters. The number of benzene rings is 1. The Labute approximate surface area is 112 Å². The lowest BCUT2D eigenvalue weighted by Gasteiger charge is -2.14. The third-order valence-corrected chi connectivity index (χ3v) is 3.23. The summed E-state index contributed by atoms with van der Waals surface area (Å²) in [5.74, 6) is 1.44. The van der Waals surface area contributed by atoms with Crippen molar-refractivity contribution in [3.8, 4) is 17.2 Å². The van der Waals surface area contributed by atoms with Gasteiger partial charge in [-0.2, -0.15) is 0 Å². The molecule has 0 aliphatic carbocycles. The van der Waals surface area contributed by atoms with Crippen molar-refractivity contribution < 1.29 is 14.3 Å². The van der Waals surface area contributed by atoms with Crippen molar-refractivity contribution in [2.75, 3.05) is 14.2 Å². The fourth-order valence-electron chi connectivity index (χ4n) is 2.25. The van der Waals surface area contributed by atoms with E-state index in [2.05, 4.69) is 0 Å². The summed E-state index contributed by atoms with van der Waals surface area (Å²) in [5, 5.41) is 0. The summed E-state index contributed by atoms with van der Waals surface area (Å²) in [4.78, 5) is 11.0. The second-order valence-electron chi connectivity index (χ2n) is 4.32. The highest BCUT2D eigenvalue weighted by Gasteiger charge is 2.14. The van der Waals surface area contributed by atoms with Crippen LogP contribution in [-0.2, 0) is 0 Å². The van der Waals surface area contributed by atoms with Crippen LogP contribution >= 0.6 is 0 Å². The van der Waals surface area contributed by atoms with E-state index >= 15 is 0 Å². The molecule has 0 atom stereocenters. The molecule has 19 heavy (non-hydrogen) atoms. The summed E-state index contributed by atoms with van der Waals surface area (Å²) < 4.78 is 12.6. The number of carbonyl (C=O) groups is 1. The average molecular weight is 259 g/mol. The third-order valence-electron chi connectivity index (χ3n) is 3.23. The standard InChI is InChI=1S/C15H17NO3/c1-10-7-12(9-17)11(2)16(10)14-6-5-13(18-3)8-15(14)19-4/h5-9H,1-4H3. The summed E-state index contributed by atoms with van der Waals surface area (Å²) in [7, 11) is 3.23. The van der Waals surface area contributed by atoms with Crippen molar-refractivity contribution >= 4 is 6.29 Å². The van der Waals surface area contributed by atoms with E-state index in [1.807, 2.05) is 42.7 Å². The van der Waals surface area contributed by atoms with Gasteiger partial charge in [-0.1, -0.05) is 0 Å². The molecule has 4 heteroatoms. The molecule has 1 aromatic heterocycles. The van der Waals surface area contributed by atoms with Crippen molar-refractivity contribution in [2.45, 2.75) is 13.8 Å². The molecular formula is C15H17NO3. The normalized spacial score (nSPS) is 10.3. The lowest BCUT2D eigenvalue weighted by Crippen LogP contribution is -2.02. The maximum atomic E-state index is 11.0. The molecule has 0 aliphatic rings. The van der Waals surface area contributed by atoms with E-state index in [1.54, 1.807) is 14.2 Å². The van der Waals surface area contributed by atoms with E-state index in [1.165, 1.54) is 0 Å². The van der Waals surface area contributed by atoms with Crippen LogP contribution in [0, 0.1) is 13.8 Å². The van der Waals surface area contributed by atoms with E-state index < -0.39 is 0 Å². The van der Waals surface area contributed by atoms with Gasteiger partial charge in [-0.15, -0.1) is 0 Å². The van der Waals surface area contributed by atoms with Gasteiger partial charge >= 0.3 is 0 Å². The molecule has 4 nitrogen and oxygen atoms in total. The summed E-state index contributed by atoms with van der Waals surface area (Å²) in [6, 6.07) is 7.49. The summed E-state index contributed by atoms with van der Waals surface area (Å²) in [6.45, 7) is 3.88. The number of aromatic nitrogens is 1. The first kappa shape index (κ1) is 13.2. The van der Waals surface area contributed by atoms with Crippen LogP contribution in [-0.4, -0.2) is 25.1 Å². The zero-order valence-electron chi connectivity index (χ0n) is 11.6. The van der Waals surface area contributed by atoms with Crippen LogP contribution in [0.5, 0.6) is 11.5 Å². The first-order valence-corrected chi connectivity index (χ1v) is 5.99. The van der Waals surface area contributed by atoms with Crippen LogP contribution in [0.4, 0.5) is 0 Å². The fraction of sp³-hybridized carbons (Fsp3) is 0.267. The van der Waals surface area contributed by atoms with Crippen LogP contribution in [0.1, 0.15) is 21.7 Å². The molecule has 0 saturated carbocycles. The Bertz CT molecular complexity index is 614. The Hall–Kier alpha value is -2.23. The van der Waals surface area contributed by atoms with E-state index in [4.69, 9.17) is 9.47 Å². The van der Waals surface area contributed by atoms with Crippen molar-refractivity contribution in [3.63, 3.8) is 0 Å². The highest BCUT2D eigenvalue weighted by molar-refractivity contribution is 5.78. The van der Waals surface area contributed by atoms with Gasteiger partial charge in [-0.25, -0.2) is 0 Å². The Balaban J connectivity index is 2.64. The van der Waals surface area contributed by atoms with Gasteiger partial charge in [-0.05, 0) is 32.0 Å². The summed E-state index contributed by atoms with van der Waals surface area (Å²) in [5.41, 5.74) is 3.47. The van der Waals surface area contributed by atoms with Crippen LogP contribution in [0.15, 0.2) is 24.3 Å². The minimum Gasteiger partial charge on any atom is -0.497 e. The zero-order chi connectivity index (χ0) is 14.0. The molecule has 0 amide bonds. The molecule has 1 heterocycles. The van der Waals surface area contributed by atoms with E-state index in [0.717, 1.165) is 29.1 Å². The first-order chi connectivity index (χ1) is 9.12. The molecular weight excluding hydrogens is 242 g/mol. The lowest BCUT2D eigenvalue weighted by molar-refractivity contribution is 0.112. The summed E-state index contributed by atoms with van der Waals surface area (Å²) in [6.07, 6.45) is 0.870. The molecule has 2 aromatic rings. The number of rotatable bonds is 4.